The second kappa shape index (κ2) is 6.36. The molecule has 0 N–H and O–H groups in total. The molecule has 1 atom stereocenters. The standard InChI is InChI=1S/C20H23N3O2/c1-13-7-14(10-21)5-6-16(13)17-11-22-23-12-15(8-18(17)23)9-19(24)25-20(2,3)4/h5-7,11,15H,8-9,12H2,1-4H3. The number of hydrogen-bond donors (Lipinski definition) is 0. The van der Waals surface area contributed by atoms with Gasteiger partial charge in [-0.2, -0.15) is 10.4 Å². The van der Waals surface area contributed by atoms with E-state index in [1.807, 2.05) is 56.8 Å². The Morgan fingerprint density at radius 1 is 1.40 bits per heavy atom. The second-order valence-electron chi connectivity index (χ2n) is 7.69. The number of hydrogen-bond acceptors (Lipinski definition) is 4. The van der Waals surface area contributed by atoms with E-state index in [9.17, 15) is 4.79 Å². The third kappa shape index (κ3) is 3.74. The normalized spacial score (nSPS) is 16.4. The Morgan fingerprint density at radius 3 is 2.80 bits per heavy atom. The molecular formula is C20H23N3O2. The van der Waals surface area contributed by atoms with Crippen LogP contribution in [0.2, 0.25) is 0 Å². The van der Waals surface area contributed by atoms with Gasteiger partial charge in [-0.1, -0.05) is 6.07 Å². The number of esters is 1. The molecule has 1 aromatic carbocycles. The Balaban J connectivity index is 1.76. The zero-order valence-electron chi connectivity index (χ0n) is 15.2. The van der Waals surface area contributed by atoms with Crippen molar-refractivity contribution < 1.29 is 9.53 Å². The van der Waals surface area contributed by atoms with Crippen LogP contribution in [0.5, 0.6) is 0 Å². The predicted molar refractivity (Wildman–Crippen MR) is 94.8 cm³/mol. The maximum Gasteiger partial charge on any atom is 0.306 e. The fourth-order valence-corrected chi connectivity index (χ4v) is 3.38. The molecule has 2 heterocycles. The number of nitrogens with zero attached hydrogens (tertiary/aromatic N) is 3. The van der Waals surface area contributed by atoms with Crippen LogP contribution in [0.1, 0.15) is 44.0 Å². The lowest BCUT2D eigenvalue weighted by Gasteiger charge is -2.20. The lowest BCUT2D eigenvalue weighted by molar-refractivity contribution is -0.155. The van der Waals surface area contributed by atoms with Crippen LogP contribution in [0.4, 0.5) is 0 Å². The minimum absolute atomic E-state index is 0.153. The van der Waals surface area contributed by atoms with E-state index in [-0.39, 0.29) is 11.9 Å². The lowest BCUT2D eigenvalue weighted by Crippen LogP contribution is -2.25. The lowest BCUT2D eigenvalue weighted by atomic mass is 9.95. The van der Waals surface area contributed by atoms with Crippen LogP contribution in [0.3, 0.4) is 0 Å². The smallest absolute Gasteiger partial charge is 0.306 e. The molecule has 1 aliphatic heterocycles. The summed E-state index contributed by atoms with van der Waals surface area (Å²) in [4.78, 5) is 12.1. The van der Waals surface area contributed by atoms with Crippen molar-refractivity contribution >= 4 is 5.97 Å². The first-order valence-corrected chi connectivity index (χ1v) is 8.54. The zero-order valence-corrected chi connectivity index (χ0v) is 15.2. The molecule has 0 radical (unpaired) electrons. The van der Waals surface area contributed by atoms with Crippen molar-refractivity contribution in [2.75, 3.05) is 0 Å². The highest BCUT2D eigenvalue weighted by atomic mass is 16.6. The Morgan fingerprint density at radius 2 is 2.16 bits per heavy atom. The van der Waals surface area contributed by atoms with Gasteiger partial charge in [-0.3, -0.25) is 9.48 Å². The van der Waals surface area contributed by atoms with Crippen molar-refractivity contribution in [2.45, 2.75) is 52.7 Å². The van der Waals surface area contributed by atoms with Gasteiger partial charge in [0.15, 0.2) is 0 Å². The number of nitriles is 1. The first-order chi connectivity index (χ1) is 11.8. The van der Waals surface area contributed by atoms with Crippen molar-refractivity contribution in [3.8, 4) is 17.2 Å². The molecule has 3 rings (SSSR count). The Bertz CT molecular complexity index is 853. The van der Waals surface area contributed by atoms with E-state index < -0.39 is 5.60 Å². The molecule has 5 nitrogen and oxygen atoms in total. The van der Waals surface area contributed by atoms with E-state index in [1.54, 1.807) is 0 Å². The van der Waals surface area contributed by atoms with Gasteiger partial charge in [0.05, 0.1) is 24.3 Å². The van der Waals surface area contributed by atoms with Crippen molar-refractivity contribution in [1.82, 2.24) is 9.78 Å². The number of fused-ring (bicyclic) bond motifs is 1. The average molecular weight is 337 g/mol. The topological polar surface area (TPSA) is 67.9 Å². The number of carbonyl (C=O) groups is 1. The van der Waals surface area contributed by atoms with E-state index in [1.165, 1.54) is 0 Å². The average Bonchev–Trinajstić information content (AvgIpc) is 3.05. The van der Waals surface area contributed by atoms with Gasteiger partial charge in [0.1, 0.15) is 5.60 Å². The summed E-state index contributed by atoms with van der Waals surface area (Å²) in [5.74, 6) is 0.0651. The van der Waals surface area contributed by atoms with Crippen LogP contribution in [0, 0.1) is 24.2 Å². The molecule has 0 saturated carbocycles. The highest BCUT2D eigenvalue weighted by molar-refractivity contribution is 5.72. The van der Waals surface area contributed by atoms with E-state index in [2.05, 4.69) is 11.2 Å². The first kappa shape index (κ1) is 17.2. The molecule has 0 bridgehead atoms. The van der Waals surface area contributed by atoms with Crippen LogP contribution < -0.4 is 0 Å². The summed E-state index contributed by atoms with van der Waals surface area (Å²) in [6, 6.07) is 7.87. The molecule has 2 aromatic rings. The van der Waals surface area contributed by atoms with Crippen LogP contribution in [-0.2, 0) is 22.5 Å². The van der Waals surface area contributed by atoms with E-state index >= 15 is 0 Å². The highest BCUT2D eigenvalue weighted by Gasteiger charge is 2.29. The van der Waals surface area contributed by atoms with Crippen molar-refractivity contribution in [3.63, 3.8) is 0 Å². The fourth-order valence-electron chi connectivity index (χ4n) is 3.38. The molecule has 0 aliphatic carbocycles. The number of aromatic nitrogens is 2. The van der Waals surface area contributed by atoms with Gasteiger partial charge in [0.2, 0.25) is 0 Å². The minimum atomic E-state index is -0.450. The third-order valence-corrected chi connectivity index (χ3v) is 4.38. The molecule has 25 heavy (non-hydrogen) atoms. The predicted octanol–water partition coefficient (Wildman–Crippen LogP) is 3.63. The molecule has 0 amide bonds. The van der Waals surface area contributed by atoms with Gasteiger partial charge in [0.25, 0.3) is 0 Å². The number of benzene rings is 1. The van der Waals surface area contributed by atoms with Crippen LogP contribution in [0.15, 0.2) is 24.4 Å². The summed E-state index contributed by atoms with van der Waals surface area (Å²) < 4.78 is 7.42. The van der Waals surface area contributed by atoms with Crippen LogP contribution >= 0.6 is 0 Å². The second-order valence-corrected chi connectivity index (χ2v) is 7.69. The van der Waals surface area contributed by atoms with Gasteiger partial charge in [-0.15, -0.1) is 0 Å². The molecule has 0 saturated heterocycles. The SMILES string of the molecule is Cc1cc(C#N)ccc1-c1cnn2c1CC(CC(=O)OC(C)(C)C)C2. The van der Waals surface area contributed by atoms with Gasteiger partial charge >= 0.3 is 5.97 Å². The molecule has 0 spiro atoms. The summed E-state index contributed by atoms with van der Waals surface area (Å²) in [6.07, 6.45) is 3.11. The van der Waals surface area contributed by atoms with Crippen molar-refractivity contribution in [1.29, 1.82) is 5.26 Å². The highest BCUT2D eigenvalue weighted by Crippen LogP contribution is 2.34. The number of aryl methyl sites for hydroxylation is 1. The van der Waals surface area contributed by atoms with Gasteiger partial charge in [0, 0.05) is 17.8 Å². The maximum atomic E-state index is 12.1. The number of carbonyl (C=O) groups excluding carboxylic acids is 1. The molecule has 0 fully saturated rings. The van der Waals surface area contributed by atoms with Gasteiger partial charge in [-0.05, 0) is 63.3 Å². The van der Waals surface area contributed by atoms with Gasteiger partial charge < -0.3 is 4.74 Å². The van der Waals surface area contributed by atoms with Crippen molar-refractivity contribution in [3.05, 3.63) is 41.2 Å². The molecule has 1 aliphatic rings. The Kier molecular flexibility index (Phi) is 4.38. The van der Waals surface area contributed by atoms with E-state index in [0.717, 1.165) is 35.3 Å². The molecule has 1 unspecified atom stereocenters. The molecule has 130 valence electrons. The minimum Gasteiger partial charge on any atom is -0.460 e. The fraction of sp³-hybridized carbons (Fsp3) is 0.450. The zero-order chi connectivity index (χ0) is 18.2. The van der Waals surface area contributed by atoms with Crippen LogP contribution in [0.25, 0.3) is 11.1 Å². The third-order valence-electron chi connectivity index (χ3n) is 4.38. The Hall–Kier alpha value is -2.61. The Labute approximate surface area is 148 Å². The van der Waals surface area contributed by atoms with Crippen molar-refractivity contribution in [2.24, 2.45) is 5.92 Å². The quantitative estimate of drug-likeness (QED) is 0.802. The maximum absolute atomic E-state index is 12.1. The largest absolute Gasteiger partial charge is 0.460 e. The number of rotatable bonds is 3. The number of ether oxygens (including phenoxy) is 1. The van der Waals surface area contributed by atoms with E-state index in [4.69, 9.17) is 10.00 Å². The van der Waals surface area contributed by atoms with Crippen LogP contribution in [-0.4, -0.2) is 21.4 Å². The summed E-state index contributed by atoms with van der Waals surface area (Å²) >= 11 is 0. The summed E-state index contributed by atoms with van der Waals surface area (Å²) in [7, 11) is 0. The monoisotopic (exact) mass is 337 g/mol. The summed E-state index contributed by atoms with van der Waals surface area (Å²) in [5, 5.41) is 13.5. The molecule has 5 heteroatoms. The summed E-state index contributed by atoms with van der Waals surface area (Å²) in [5.41, 5.74) is 4.61. The summed E-state index contributed by atoms with van der Waals surface area (Å²) in [6.45, 7) is 8.40. The van der Waals surface area contributed by atoms with E-state index in [0.29, 0.717) is 12.0 Å². The van der Waals surface area contributed by atoms with Gasteiger partial charge in [-0.25, -0.2) is 0 Å². The molecule has 1 aromatic heterocycles. The first-order valence-electron chi connectivity index (χ1n) is 8.54. The molecular weight excluding hydrogens is 314 g/mol.